The topological polar surface area (TPSA) is 114 Å². The standard InChI is InChI=1S/C14H18N4O4S/c1-10-8-16-18(2)13(10)23(21,22)17-9-11(14(19)20)7-12-5-3-4-6-15-12/h3-6,8,11,17H,7,9H2,1-2H3,(H,19,20). The lowest BCUT2D eigenvalue weighted by molar-refractivity contribution is -0.141. The fourth-order valence-corrected chi connectivity index (χ4v) is 3.65. The van der Waals surface area contributed by atoms with Gasteiger partial charge in [-0.2, -0.15) is 5.10 Å². The lowest BCUT2D eigenvalue weighted by atomic mass is 10.0. The van der Waals surface area contributed by atoms with Crippen molar-refractivity contribution in [3.63, 3.8) is 0 Å². The molecule has 1 unspecified atom stereocenters. The van der Waals surface area contributed by atoms with Gasteiger partial charge in [0.05, 0.1) is 12.1 Å². The Balaban J connectivity index is 2.11. The van der Waals surface area contributed by atoms with Crippen molar-refractivity contribution in [1.29, 1.82) is 0 Å². The van der Waals surface area contributed by atoms with E-state index in [4.69, 9.17) is 0 Å². The molecule has 0 aliphatic heterocycles. The van der Waals surface area contributed by atoms with Crippen LogP contribution in [0.5, 0.6) is 0 Å². The number of carbonyl (C=O) groups is 1. The van der Waals surface area contributed by atoms with Gasteiger partial charge in [0.2, 0.25) is 0 Å². The third-order valence-corrected chi connectivity index (χ3v) is 5.00. The van der Waals surface area contributed by atoms with Gasteiger partial charge in [0.25, 0.3) is 10.0 Å². The van der Waals surface area contributed by atoms with Gasteiger partial charge >= 0.3 is 5.97 Å². The maximum absolute atomic E-state index is 12.3. The number of aliphatic carboxylic acids is 1. The Morgan fingerprint density at radius 1 is 1.43 bits per heavy atom. The van der Waals surface area contributed by atoms with Gasteiger partial charge in [-0.25, -0.2) is 13.1 Å². The van der Waals surface area contributed by atoms with Gasteiger partial charge in [0.15, 0.2) is 5.03 Å². The lowest BCUT2D eigenvalue weighted by Gasteiger charge is -2.14. The molecule has 0 spiro atoms. The maximum atomic E-state index is 12.3. The molecule has 1 atom stereocenters. The minimum Gasteiger partial charge on any atom is -0.481 e. The predicted molar refractivity (Wildman–Crippen MR) is 82.2 cm³/mol. The normalized spacial score (nSPS) is 13.0. The van der Waals surface area contributed by atoms with Crippen LogP contribution in [0.2, 0.25) is 0 Å². The molecule has 2 rings (SSSR count). The van der Waals surface area contributed by atoms with Gasteiger partial charge in [-0.05, 0) is 19.1 Å². The van der Waals surface area contributed by atoms with Crippen LogP contribution in [0.25, 0.3) is 0 Å². The number of aromatic nitrogens is 3. The highest BCUT2D eigenvalue weighted by Crippen LogP contribution is 2.14. The van der Waals surface area contributed by atoms with Gasteiger partial charge in [-0.1, -0.05) is 6.07 Å². The van der Waals surface area contributed by atoms with E-state index in [0.717, 1.165) is 0 Å². The second-order valence-corrected chi connectivity index (χ2v) is 6.85. The first-order chi connectivity index (χ1) is 10.8. The van der Waals surface area contributed by atoms with Gasteiger partial charge in [0, 0.05) is 37.5 Å². The average molecular weight is 338 g/mol. The number of hydrogen-bond donors (Lipinski definition) is 2. The first-order valence-electron chi connectivity index (χ1n) is 6.92. The summed E-state index contributed by atoms with van der Waals surface area (Å²) in [5.41, 5.74) is 1.09. The van der Waals surface area contributed by atoms with Crippen molar-refractivity contribution in [3.05, 3.63) is 41.9 Å². The number of aryl methyl sites for hydroxylation is 2. The molecule has 0 bridgehead atoms. The van der Waals surface area contributed by atoms with Crippen LogP contribution in [0.15, 0.2) is 35.6 Å². The van der Waals surface area contributed by atoms with Crippen LogP contribution in [0, 0.1) is 12.8 Å². The smallest absolute Gasteiger partial charge is 0.308 e. The number of pyridine rings is 1. The highest BCUT2D eigenvalue weighted by molar-refractivity contribution is 7.89. The monoisotopic (exact) mass is 338 g/mol. The van der Waals surface area contributed by atoms with Crippen molar-refractivity contribution in [1.82, 2.24) is 19.5 Å². The first kappa shape index (κ1) is 17.1. The molecule has 0 amide bonds. The Morgan fingerprint density at radius 3 is 2.70 bits per heavy atom. The molecular formula is C14H18N4O4S. The van der Waals surface area contributed by atoms with Crippen LogP contribution >= 0.6 is 0 Å². The van der Waals surface area contributed by atoms with Crippen molar-refractivity contribution in [2.24, 2.45) is 13.0 Å². The van der Waals surface area contributed by atoms with Crippen molar-refractivity contribution in [3.8, 4) is 0 Å². The van der Waals surface area contributed by atoms with E-state index < -0.39 is 21.9 Å². The van der Waals surface area contributed by atoms with Crippen molar-refractivity contribution < 1.29 is 18.3 Å². The predicted octanol–water partition coefficient (Wildman–Crippen LogP) is 0.345. The zero-order valence-corrected chi connectivity index (χ0v) is 13.6. The summed E-state index contributed by atoms with van der Waals surface area (Å²) in [5.74, 6) is -1.99. The van der Waals surface area contributed by atoms with Crippen LogP contribution in [-0.4, -0.2) is 40.8 Å². The summed E-state index contributed by atoms with van der Waals surface area (Å²) in [6.45, 7) is 1.41. The molecule has 0 aliphatic rings. The Hall–Kier alpha value is -2.26. The SMILES string of the molecule is Cc1cnn(C)c1S(=O)(=O)NCC(Cc1ccccn1)C(=O)O. The average Bonchev–Trinajstić information content (AvgIpc) is 2.84. The van der Waals surface area contributed by atoms with E-state index in [1.165, 1.54) is 17.9 Å². The Morgan fingerprint density at radius 2 is 2.17 bits per heavy atom. The molecule has 2 aromatic rings. The summed E-state index contributed by atoms with van der Waals surface area (Å²) in [7, 11) is -2.31. The number of sulfonamides is 1. The zero-order valence-electron chi connectivity index (χ0n) is 12.8. The summed E-state index contributed by atoms with van der Waals surface area (Å²) < 4.78 is 28.3. The molecule has 0 radical (unpaired) electrons. The number of nitrogens with one attached hydrogen (secondary N) is 1. The van der Waals surface area contributed by atoms with Gasteiger partial charge in [-0.15, -0.1) is 0 Å². The Labute approximate surface area is 134 Å². The summed E-state index contributed by atoms with van der Waals surface area (Å²) in [5, 5.41) is 13.2. The maximum Gasteiger partial charge on any atom is 0.308 e. The molecule has 124 valence electrons. The van der Waals surface area contributed by atoms with E-state index in [1.54, 1.807) is 31.3 Å². The highest BCUT2D eigenvalue weighted by Gasteiger charge is 2.25. The van der Waals surface area contributed by atoms with E-state index in [-0.39, 0.29) is 18.0 Å². The number of hydrogen-bond acceptors (Lipinski definition) is 5. The van der Waals surface area contributed by atoms with Crippen LogP contribution in [0.1, 0.15) is 11.3 Å². The van der Waals surface area contributed by atoms with E-state index in [0.29, 0.717) is 11.3 Å². The molecule has 0 saturated carbocycles. The highest BCUT2D eigenvalue weighted by atomic mass is 32.2. The van der Waals surface area contributed by atoms with Crippen LogP contribution in [-0.2, 0) is 28.3 Å². The van der Waals surface area contributed by atoms with Crippen LogP contribution < -0.4 is 4.72 Å². The second-order valence-electron chi connectivity index (χ2n) is 5.17. The Kier molecular flexibility index (Phi) is 5.12. The quantitative estimate of drug-likeness (QED) is 0.753. The molecule has 2 N–H and O–H groups in total. The largest absolute Gasteiger partial charge is 0.481 e. The van der Waals surface area contributed by atoms with Gasteiger partial charge in [-0.3, -0.25) is 14.5 Å². The molecule has 2 heterocycles. The fourth-order valence-electron chi connectivity index (χ4n) is 2.22. The molecule has 9 heteroatoms. The van der Waals surface area contributed by atoms with Crippen molar-refractivity contribution in [2.45, 2.75) is 18.4 Å². The molecule has 23 heavy (non-hydrogen) atoms. The molecule has 0 fully saturated rings. The van der Waals surface area contributed by atoms with Gasteiger partial charge in [0.1, 0.15) is 0 Å². The summed E-state index contributed by atoms with van der Waals surface area (Å²) in [6.07, 6.45) is 3.15. The molecule has 0 aliphatic carbocycles. The van der Waals surface area contributed by atoms with Crippen LogP contribution in [0.3, 0.4) is 0 Å². The van der Waals surface area contributed by atoms with E-state index in [9.17, 15) is 18.3 Å². The molecule has 2 aromatic heterocycles. The Bertz CT molecular complexity index is 767. The second kappa shape index (κ2) is 6.88. The molecule has 0 aromatic carbocycles. The van der Waals surface area contributed by atoms with Gasteiger partial charge < -0.3 is 5.11 Å². The van der Waals surface area contributed by atoms with Crippen molar-refractivity contribution >= 4 is 16.0 Å². The number of nitrogens with zero attached hydrogens (tertiary/aromatic N) is 3. The summed E-state index contributed by atoms with van der Waals surface area (Å²) >= 11 is 0. The fraction of sp³-hybridized carbons (Fsp3) is 0.357. The third kappa shape index (κ3) is 4.14. The van der Waals surface area contributed by atoms with E-state index in [1.807, 2.05) is 0 Å². The number of carboxylic acid groups (broad SMARTS) is 1. The zero-order chi connectivity index (χ0) is 17.0. The summed E-state index contributed by atoms with van der Waals surface area (Å²) in [6, 6.07) is 5.19. The molecular weight excluding hydrogens is 320 g/mol. The number of rotatable bonds is 7. The lowest BCUT2D eigenvalue weighted by Crippen LogP contribution is -2.35. The minimum absolute atomic E-state index is 0.0273. The molecule has 0 saturated heterocycles. The molecule has 8 nitrogen and oxygen atoms in total. The van der Waals surface area contributed by atoms with Crippen molar-refractivity contribution in [2.75, 3.05) is 6.54 Å². The minimum atomic E-state index is -3.83. The number of carboxylic acids is 1. The van der Waals surface area contributed by atoms with E-state index >= 15 is 0 Å². The third-order valence-electron chi connectivity index (χ3n) is 3.36. The van der Waals surface area contributed by atoms with Crippen LogP contribution in [0.4, 0.5) is 0 Å². The first-order valence-corrected chi connectivity index (χ1v) is 8.40. The summed E-state index contributed by atoms with van der Waals surface area (Å²) in [4.78, 5) is 15.4. The van der Waals surface area contributed by atoms with E-state index in [2.05, 4.69) is 14.8 Å².